The first-order valence-electron chi connectivity index (χ1n) is 4.58. The molecular weight excluding hydrogens is 200 g/mol. The molecule has 2 rings (SSSR count). The fourth-order valence-electron chi connectivity index (χ4n) is 1.38. The summed E-state index contributed by atoms with van der Waals surface area (Å²) in [6.45, 7) is 0.689. The summed E-state index contributed by atoms with van der Waals surface area (Å²) >= 11 is 0. The monoisotopic (exact) mass is 212 g/mol. The fourth-order valence-corrected chi connectivity index (χ4v) is 2.90. The zero-order chi connectivity index (χ0) is 10.0. The van der Waals surface area contributed by atoms with Crippen molar-refractivity contribution in [1.29, 1.82) is 0 Å². The van der Waals surface area contributed by atoms with Crippen molar-refractivity contribution < 1.29 is 13.2 Å². The first kappa shape index (κ1) is 9.68. The Morgan fingerprint density at radius 1 is 1.29 bits per heavy atom. The van der Waals surface area contributed by atoms with Gasteiger partial charge in [0.15, 0.2) is 9.84 Å². The summed E-state index contributed by atoms with van der Waals surface area (Å²) in [4.78, 5) is 0.385. The smallest absolute Gasteiger partial charge is 0.180 e. The van der Waals surface area contributed by atoms with E-state index in [9.17, 15) is 8.42 Å². The Morgan fingerprint density at radius 3 is 2.43 bits per heavy atom. The standard InChI is InChI=1S/C10H12O3S/c11-14(12,8-9-6-7-13-9)10-4-2-1-3-5-10/h1-5,9H,6-8H2. The zero-order valence-corrected chi connectivity index (χ0v) is 8.53. The van der Waals surface area contributed by atoms with Gasteiger partial charge >= 0.3 is 0 Å². The first-order valence-corrected chi connectivity index (χ1v) is 6.23. The van der Waals surface area contributed by atoms with Gasteiger partial charge in [0.25, 0.3) is 0 Å². The van der Waals surface area contributed by atoms with Gasteiger partial charge in [-0.05, 0) is 18.6 Å². The Morgan fingerprint density at radius 2 is 1.93 bits per heavy atom. The summed E-state index contributed by atoms with van der Waals surface area (Å²) in [6.07, 6.45) is 0.756. The van der Waals surface area contributed by atoms with Crippen molar-refractivity contribution in [3.05, 3.63) is 30.3 Å². The van der Waals surface area contributed by atoms with E-state index in [1.807, 2.05) is 0 Å². The van der Waals surface area contributed by atoms with Crippen LogP contribution in [0, 0.1) is 0 Å². The molecule has 0 amide bonds. The minimum absolute atomic E-state index is 0.0970. The molecule has 1 aromatic rings. The molecule has 1 atom stereocenters. The van der Waals surface area contributed by atoms with Gasteiger partial charge < -0.3 is 4.74 Å². The lowest BCUT2D eigenvalue weighted by atomic mass is 10.2. The maximum Gasteiger partial charge on any atom is 0.180 e. The summed E-state index contributed by atoms with van der Waals surface area (Å²) in [7, 11) is -3.15. The van der Waals surface area contributed by atoms with Gasteiger partial charge in [0.05, 0.1) is 16.8 Å². The van der Waals surface area contributed by atoms with Gasteiger partial charge in [0, 0.05) is 6.61 Å². The largest absolute Gasteiger partial charge is 0.377 e. The number of sulfone groups is 1. The van der Waals surface area contributed by atoms with Crippen LogP contribution in [0.5, 0.6) is 0 Å². The number of hydrogen-bond donors (Lipinski definition) is 0. The van der Waals surface area contributed by atoms with Gasteiger partial charge in [-0.2, -0.15) is 0 Å². The molecule has 4 heteroatoms. The highest BCUT2D eigenvalue weighted by Gasteiger charge is 2.26. The molecule has 0 aliphatic carbocycles. The molecule has 0 radical (unpaired) electrons. The first-order chi connectivity index (χ1) is 6.68. The summed E-state index contributed by atoms with van der Waals surface area (Å²) < 4.78 is 28.6. The van der Waals surface area contributed by atoms with Gasteiger partial charge in [0.2, 0.25) is 0 Å². The van der Waals surface area contributed by atoms with E-state index >= 15 is 0 Å². The van der Waals surface area contributed by atoms with E-state index in [2.05, 4.69) is 0 Å². The summed E-state index contributed by atoms with van der Waals surface area (Å²) in [5.41, 5.74) is 0. The highest BCUT2D eigenvalue weighted by atomic mass is 32.2. The zero-order valence-electron chi connectivity index (χ0n) is 7.72. The number of benzene rings is 1. The van der Waals surface area contributed by atoms with E-state index in [4.69, 9.17) is 4.74 Å². The van der Waals surface area contributed by atoms with E-state index in [0.717, 1.165) is 6.42 Å². The third-order valence-electron chi connectivity index (χ3n) is 2.30. The van der Waals surface area contributed by atoms with Gasteiger partial charge in [-0.15, -0.1) is 0 Å². The second-order valence-electron chi connectivity index (χ2n) is 3.38. The highest BCUT2D eigenvalue weighted by molar-refractivity contribution is 7.91. The van der Waals surface area contributed by atoms with Crippen molar-refractivity contribution in [2.24, 2.45) is 0 Å². The minimum Gasteiger partial charge on any atom is -0.377 e. The molecule has 1 fully saturated rings. The van der Waals surface area contributed by atoms with Crippen LogP contribution >= 0.6 is 0 Å². The van der Waals surface area contributed by atoms with Crippen LogP contribution in [0.15, 0.2) is 35.2 Å². The highest BCUT2D eigenvalue weighted by Crippen LogP contribution is 2.18. The van der Waals surface area contributed by atoms with E-state index < -0.39 is 9.84 Å². The molecule has 0 bridgehead atoms. The number of hydrogen-bond acceptors (Lipinski definition) is 3. The number of ether oxygens (including phenoxy) is 1. The molecule has 76 valence electrons. The molecule has 0 spiro atoms. The lowest BCUT2D eigenvalue weighted by Gasteiger charge is -2.25. The molecule has 0 saturated carbocycles. The van der Waals surface area contributed by atoms with Crippen LogP contribution in [0.3, 0.4) is 0 Å². The maximum absolute atomic E-state index is 11.8. The molecule has 1 unspecified atom stereocenters. The molecule has 0 aromatic heterocycles. The summed E-state index contributed by atoms with van der Waals surface area (Å²) in [5.74, 6) is 0.108. The van der Waals surface area contributed by atoms with Crippen molar-refractivity contribution in [2.75, 3.05) is 12.4 Å². The topological polar surface area (TPSA) is 43.4 Å². The maximum atomic E-state index is 11.8. The molecule has 1 aliphatic rings. The van der Waals surface area contributed by atoms with Crippen LogP contribution in [-0.4, -0.2) is 26.9 Å². The molecule has 14 heavy (non-hydrogen) atoms. The van der Waals surface area contributed by atoms with Gasteiger partial charge in [-0.3, -0.25) is 0 Å². The van der Waals surface area contributed by atoms with Crippen molar-refractivity contribution in [2.45, 2.75) is 17.4 Å². The van der Waals surface area contributed by atoms with Crippen LogP contribution in [0.4, 0.5) is 0 Å². The van der Waals surface area contributed by atoms with E-state index in [1.54, 1.807) is 30.3 Å². The van der Waals surface area contributed by atoms with Crippen molar-refractivity contribution >= 4 is 9.84 Å². The Balaban J connectivity index is 2.15. The van der Waals surface area contributed by atoms with Crippen LogP contribution in [0.2, 0.25) is 0 Å². The second-order valence-corrected chi connectivity index (χ2v) is 5.41. The molecule has 1 saturated heterocycles. The van der Waals surface area contributed by atoms with Gasteiger partial charge in [-0.1, -0.05) is 18.2 Å². The average molecular weight is 212 g/mol. The van der Waals surface area contributed by atoms with Gasteiger partial charge in [0.1, 0.15) is 0 Å². The molecule has 1 aliphatic heterocycles. The molecular formula is C10H12O3S. The normalized spacial score (nSPS) is 21.6. The van der Waals surface area contributed by atoms with Crippen molar-refractivity contribution in [3.63, 3.8) is 0 Å². The van der Waals surface area contributed by atoms with E-state index in [-0.39, 0.29) is 11.9 Å². The second kappa shape index (κ2) is 3.71. The van der Waals surface area contributed by atoms with E-state index in [0.29, 0.717) is 11.5 Å². The van der Waals surface area contributed by atoms with Gasteiger partial charge in [-0.25, -0.2) is 8.42 Å². The Kier molecular flexibility index (Phi) is 2.56. The SMILES string of the molecule is O=S(=O)(CC1CCO1)c1ccccc1. The number of rotatable bonds is 3. The predicted octanol–water partition coefficient (Wildman–Crippen LogP) is 1.25. The van der Waals surface area contributed by atoms with Crippen molar-refractivity contribution in [3.8, 4) is 0 Å². The lowest BCUT2D eigenvalue weighted by molar-refractivity contribution is -0.0352. The third kappa shape index (κ3) is 1.96. The minimum atomic E-state index is -3.15. The molecule has 3 nitrogen and oxygen atoms in total. The Labute approximate surface area is 83.6 Å². The van der Waals surface area contributed by atoms with Crippen LogP contribution in [-0.2, 0) is 14.6 Å². The lowest BCUT2D eigenvalue weighted by Crippen LogP contribution is -2.33. The molecule has 0 N–H and O–H groups in total. The van der Waals surface area contributed by atoms with E-state index in [1.165, 1.54) is 0 Å². The quantitative estimate of drug-likeness (QED) is 0.757. The average Bonchev–Trinajstić information content (AvgIpc) is 2.13. The molecule has 1 aromatic carbocycles. The van der Waals surface area contributed by atoms with Crippen LogP contribution in [0.25, 0.3) is 0 Å². The predicted molar refractivity (Wildman–Crippen MR) is 52.9 cm³/mol. The Hall–Kier alpha value is -0.870. The summed E-state index contributed by atoms with van der Waals surface area (Å²) in [6, 6.07) is 8.50. The Bertz CT molecular complexity index is 393. The third-order valence-corrected chi connectivity index (χ3v) is 4.10. The van der Waals surface area contributed by atoms with Crippen molar-refractivity contribution in [1.82, 2.24) is 0 Å². The summed E-state index contributed by atoms with van der Waals surface area (Å²) in [5, 5.41) is 0. The fraction of sp³-hybridized carbons (Fsp3) is 0.400. The van der Waals surface area contributed by atoms with Crippen LogP contribution < -0.4 is 0 Å². The van der Waals surface area contributed by atoms with Crippen LogP contribution in [0.1, 0.15) is 6.42 Å². The molecule has 1 heterocycles.